The Hall–Kier alpha value is -3.83. The quantitative estimate of drug-likeness (QED) is 0.290. The van der Waals surface area contributed by atoms with E-state index in [9.17, 15) is 22.4 Å². The Bertz CT molecular complexity index is 1320. The molecule has 0 saturated heterocycles. The minimum Gasteiger partial charge on any atom is -0.478 e. The minimum atomic E-state index is -4.21. The molecule has 1 atom stereocenters. The number of rotatable bonds is 8. The van der Waals surface area contributed by atoms with Gasteiger partial charge < -0.3 is 9.84 Å². The molecule has 3 aromatic rings. The number of carboxylic acids is 1. The molecule has 2 aromatic heterocycles. The van der Waals surface area contributed by atoms with Crippen LogP contribution in [-0.2, 0) is 24.3 Å². The summed E-state index contributed by atoms with van der Waals surface area (Å²) in [6.07, 6.45) is 2.79. The van der Waals surface area contributed by atoms with E-state index in [-0.39, 0.29) is 27.4 Å². The molecule has 172 valence electrons. The van der Waals surface area contributed by atoms with Crippen molar-refractivity contribution >= 4 is 22.0 Å². The number of nitrogens with one attached hydrogen (secondary N) is 1. The summed E-state index contributed by atoms with van der Waals surface area (Å²) in [5.41, 5.74) is 0.430. The number of pyridine rings is 1. The Labute approximate surface area is 189 Å². The topological polar surface area (TPSA) is 128 Å². The molecule has 0 amide bonds. The van der Waals surface area contributed by atoms with Gasteiger partial charge in [-0.1, -0.05) is 12.1 Å². The maximum atomic E-state index is 14.7. The Balaban J connectivity index is 2.20. The van der Waals surface area contributed by atoms with Crippen molar-refractivity contribution in [3.63, 3.8) is 0 Å². The molecule has 0 aliphatic carbocycles. The highest BCUT2D eigenvalue weighted by molar-refractivity contribution is 7.90. The van der Waals surface area contributed by atoms with E-state index >= 15 is 0 Å². The largest absolute Gasteiger partial charge is 0.478 e. The average molecular weight is 473 g/mol. The zero-order chi connectivity index (χ0) is 24.2. The molecule has 0 aliphatic heterocycles. The number of halogens is 1. The van der Waals surface area contributed by atoms with Crippen molar-refractivity contribution < 1.29 is 32.2 Å². The van der Waals surface area contributed by atoms with E-state index in [0.29, 0.717) is 6.08 Å². The number of benzene rings is 1. The molecule has 11 heteroatoms. The van der Waals surface area contributed by atoms with Crippen LogP contribution in [0.4, 0.5) is 4.39 Å². The summed E-state index contributed by atoms with van der Waals surface area (Å²) in [5.74, 6) is -2.95. The van der Waals surface area contributed by atoms with Crippen molar-refractivity contribution in [3.05, 3.63) is 84.1 Å². The first-order valence-electron chi connectivity index (χ1n) is 9.58. The number of hydrogen-bond acceptors (Lipinski definition) is 7. The molecule has 1 unspecified atom stereocenters. The molecule has 3 rings (SSSR count). The van der Waals surface area contributed by atoms with Gasteiger partial charge in [0.1, 0.15) is 10.7 Å². The van der Waals surface area contributed by atoms with E-state index in [0.717, 1.165) is 10.0 Å². The van der Waals surface area contributed by atoms with Gasteiger partial charge in [-0.2, -0.15) is 0 Å². The number of ether oxygens (including phenoxy) is 1. The lowest BCUT2D eigenvalue weighted by Gasteiger charge is -2.17. The Morgan fingerprint density at radius 3 is 2.55 bits per heavy atom. The molecule has 0 saturated carbocycles. The lowest BCUT2D eigenvalue weighted by Crippen LogP contribution is -2.23. The second kappa shape index (κ2) is 9.76. The van der Waals surface area contributed by atoms with E-state index in [2.05, 4.69) is 10.3 Å². The number of aliphatic carboxylic acids is 1. The van der Waals surface area contributed by atoms with Crippen LogP contribution in [0.5, 0.6) is 0 Å². The van der Waals surface area contributed by atoms with Gasteiger partial charge in [-0.15, -0.1) is 0 Å². The molecule has 33 heavy (non-hydrogen) atoms. The molecule has 2 N–H and O–H groups in total. The van der Waals surface area contributed by atoms with E-state index in [4.69, 9.17) is 9.84 Å². The van der Waals surface area contributed by atoms with Crippen LogP contribution in [0, 0.1) is 12.7 Å². The fraction of sp³-hybridized carbons (Fsp3) is 0.136. The van der Waals surface area contributed by atoms with E-state index in [1.54, 1.807) is 6.07 Å². The maximum absolute atomic E-state index is 14.7. The zero-order valence-corrected chi connectivity index (χ0v) is 18.4. The fourth-order valence-corrected chi connectivity index (χ4v) is 4.75. The van der Waals surface area contributed by atoms with Gasteiger partial charge in [0.15, 0.2) is 6.23 Å². The Kier molecular flexibility index (Phi) is 7.04. The number of aromatic nitrogens is 2. The van der Waals surface area contributed by atoms with Crippen molar-refractivity contribution in [3.8, 4) is 11.3 Å². The summed E-state index contributed by atoms with van der Waals surface area (Å²) in [6, 6.07) is 9.89. The third-order valence-electron chi connectivity index (χ3n) is 4.70. The standard InChI is InChI=1S/C22H20FN3O6S/c1-14-17(22(24-2)32-21(29)10-9-20(27)28)12-19(16-7-3-4-8-18(16)23)26(14)33(30,31)15-6-5-11-25-13-15/h3-13,22,24H,1-2H3,(H,27,28)/b10-9+. The molecular weight excluding hydrogens is 453 g/mol. The highest BCUT2D eigenvalue weighted by Crippen LogP contribution is 2.34. The number of carbonyl (C=O) groups excluding carboxylic acids is 1. The van der Waals surface area contributed by atoms with E-state index < -0.39 is 34.0 Å². The van der Waals surface area contributed by atoms with Crippen molar-refractivity contribution in [1.29, 1.82) is 0 Å². The van der Waals surface area contributed by atoms with Crippen LogP contribution in [0.2, 0.25) is 0 Å². The highest BCUT2D eigenvalue weighted by atomic mass is 32.2. The SMILES string of the molecule is CNC(OC(=O)/C=C/C(=O)O)c1cc(-c2ccccc2F)n(S(=O)(=O)c2cccnc2)c1C. The van der Waals surface area contributed by atoms with Crippen molar-refractivity contribution in [2.24, 2.45) is 0 Å². The van der Waals surface area contributed by atoms with Crippen molar-refractivity contribution in [2.75, 3.05) is 7.05 Å². The van der Waals surface area contributed by atoms with Crippen LogP contribution in [-0.4, -0.2) is 41.5 Å². The van der Waals surface area contributed by atoms with Gasteiger partial charge in [0, 0.05) is 41.4 Å². The lowest BCUT2D eigenvalue weighted by molar-refractivity contribution is -0.145. The summed E-state index contributed by atoms with van der Waals surface area (Å²) in [7, 11) is -2.74. The number of carboxylic acid groups (broad SMARTS) is 1. The number of esters is 1. The molecule has 0 bridgehead atoms. The monoisotopic (exact) mass is 473 g/mol. The molecular formula is C22H20FN3O6S. The molecule has 0 aliphatic rings. The van der Waals surface area contributed by atoms with Gasteiger partial charge in [0.2, 0.25) is 0 Å². The summed E-state index contributed by atoms with van der Waals surface area (Å²) in [4.78, 5) is 26.4. The van der Waals surface area contributed by atoms with Gasteiger partial charge >= 0.3 is 11.9 Å². The van der Waals surface area contributed by atoms with Gasteiger partial charge in [-0.25, -0.2) is 26.4 Å². The number of hydrogen-bond donors (Lipinski definition) is 2. The minimum absolute atomic E-state index is 0.0156. The molecule has 0 fully saturated rings. The van der Waals surface area contributed by atoms with Crippen molar-refractivity contribution in [1.82, 2.24) is 14.3 Å². The van der Waals surface area contributed by atoms with Crippen LogP contribution >= 0.6 is 0 Å². The van der Waals surface area contributed by atoms with Crippen LogP contribution < -0.4 is 5.32 Å². The number of carbonyl (C=O) groups is 2. The normalized spacial score (nSPS) is 12.6. The summed E-state index contributed by atoms with van der Waals surface area (Å²) >= 11 is 0. The Morgan fingerprint density at radius 1 is 1.21 bits per heavy atom. The predicted octanol–water partition coefficient (Wildman–Crippen LogP) is 2.64. The van der Waals surface area contributed by atoms with Crippen LogP contribution in [0.15, 0.2) is 71.9 Å². The predicted molar refractivity (Wildman–Crippen MR) is 116 cm³/mol. The third-order valence-corrected chi connectivity index (χ3v) is 6.48. The van der Waals surface area contributed by atoms with Crippen molar-refractivity contribution in [2.45, 2.75) is 18.0 Å². The summed E-state index contributed by atoms with van der Waals surface area (Å²) < 4.78 is 47.8. The number of nitrogens with zero attached hydrogens (tertiary/aromatic N) is 2. The summed E-state index contributed by atoms with van der Waals surface area (Å²) in [6.45, 7) is 1.48. The maximum Gasteiger partial charge on any atom is 0.332 e. The average Bonchev–Trinajstić information content (AvgIpc) is 3.14. The second-order valence-corrected chi connectivity index (χ2v) is 8.57. The highest BCUT2D eigenvalue weighted by Gasteiger charge is 2.30. The molecule has 2 heterocycles. The lowest BCUT2D eigenvalue weighted by atomic mass is 10.1. The molecule has 0 spiro atoms. The molecule has 1 aromatic carbocycles. The van der Waals surface area contributed by atoms with Gasteiger partial charge in [0.05, 0.1) is 5.69 Å². The van der Waals surface area contributed by atoms with E-state index in [1.165, 1.54) is 62.8 Å². The van der Waals surface area contributed by atoms with Gasteiger partial charge in [0.25, 0.3) is 10.0 Å². The first-order chi connectivity index (χ1) is 15.7. The first-order valence-corrected chi connectivity index (χ1v) is 11.0. The van der Waals surface area contributed by atoms with Crippen LogP contribution in [0.25, 0.3) is 11.3 Å². The summed E-state index contributed by atoms with van der Waals surface area (Å²) in [5, 5.41) is 11.4. The fourth-order valence-electron chi connectivity index (χ4n) is 3.22. The first kappa shape index (κ1) is 23.8. The van der Waals surface area contributed by atoms with Gasteiger partial charge in [-0.05, 0) is 44.3 Å². The molecule has 9 nitrogen and oxygen atoms in total. The van der Waals surface area contributed by atoms with Crippen LogP contribution in [0.3, 0.4) is 0 Å². The zero-order valence-electron chi connectivity index (χ0n) is 17.6. The third kappa shape index (κ3) is 4.99. The van der Waals surface area contributed by atoms with Crippen LogP contribution in [0.1, 0.15) is 17.5 Å². The van der Waals surface area contributed by atoms with E-state index in [1.807, 2.05) is 0 Å². The smallest absolute Gasteiger partial charge is 0.332 e. The molecule has 0 radical (unpaired) electrons. The second-order valence-electron chi connectivity index (χ2n) is 6.79. The van der Waals surface area contributed by atoms with Gasteiger partial charge in [-0.3, -0.25) is 10.3 Å². The Morgan fingerprint density at radius 2 is 1.94 bits per heavy atom.